The number of ketones is 1. The van der Waals surface area contributed by atoms with Crippen molar-refractivity contribution < 1.29 is 14.3 Å². The summed E-state index contributed by atoms with van der Waals surface area (Å²) >= 11 is 0. The maximum atomic E-state index is 12.7. The molecule has 0 spiro atoms. The second-order valence-electron chi connectivity index (χ2n) is 5.97. The zero-order valence-electron chi connectivity index (χ0n) is 13.3. The average molecular weight is 302 g/mol. The third kappa shape index (κ3) is 3.06. The molecule has 1 aliphatic heterocycles. The molecule has 1 fully saturated rings. The van der Waals surface area contributed by atoms with Gasteiger partial charge in [0.15, 0.2) is 12.1 Å². The first kappa shape index (κ1) is 15.2. The monoisotopic (exact) mass is 302 g/mol. The van der Waals surface area contributed by atoms with E-state index in [4.69, 9.17) is 9.47 Å². The second kappa shape index (κ2) is 6.20. The molecular weight excluding hydrogens is 280 g/mol. The van der Waals surface area contributed by atoms with E-state index in [2.05, 4.69) is 11.1 Å². The number of aryl methyl sites for hydroxylation is 2. The number of hydrogen-bond donors (Lipinski definition) is 1. The lowest BCUT2D eigenvalue weighted by atomic mass is 10.1. The second-order valence-corrected chi connectivity index (χ2v) is 5.97. The van der Waals surface area contributed by atoms with Crippen molar-refractivity contribution in [1.29, 1.82) is 0 Å². The van der Waals surface area contributed by atoms with Crippen LogP contribution in [-0.4, -0.2) is 55.3 Å². The van der Waals surface area contributed by atoms with Crippen LogP contribution in [0.25, 0.3) is 10.9 Å². The number of hydrogen-bond acceptors (Lipinski definition) is 4. The Labute approximate surface area is 130 Å². The quantitative estimate of drug-likeness (QED) is 0.861. The van der Waals surface area contributed by atoms with Crippen LogP contribution < -0.4 is 0 Å². The molecule has 1 aromatic heterocycles. The number of aromatic nitrogens is 1. The lowest BCUT2D eigenvalue weighted by Crippen LogP contribution is -2.34. The Morgan fingerprint density at radius 3 is 2.77 bits per heavy atom. The Hall–Kier alpha value is -1.69. The van der Waals surface area contributed by atoms with Gasteiger partial charge in [0.1, 0.15) is 0 Å². The Kier molecular flexibility index (Phi) is 4.29. The van der Waals surface area contributed by atoms with Crippen LogP contribution in [0.3, 0.4) is 0 Å². The van der Waals surface area contributed by atoms with Gasteiger partial charge >= 0.3 is 0 Å². The van der Waals surface area contributed by atoms with Crippen LogP contribution in [0.2, 0.25) is 0 Å². The number of aromatic amines is 1. The first-order chi connectivity index (χ1) is 10.5. The molecule has 22 heavy (non-hydrogen) atoms. The fraction of sp³-hybridized carbons (Fsp3) is 0.471. The molecule has 0 aliphatic carbocycles. The van der Waals surface area contributed by atoms with Crippen LogP contribution >= 0.6 is 0 Å². The molecular formula is C17H22N2O3. The van der Waals surface area contributed by atoms with E-state index in [0.29, 0.717) is 26.3 Å². The van der Waals surface area contributed by atoms with Gasteiger partial charge in [-0.3, -0.25) is 9.69 Å². The van der Waals surface area contributed by atoms with E-state index in [0.717, 1.165) is 22.2 Å². The van der Waals surface area contributed by atoms with Gasteiger partial charge in [-0.25, -0.2) is 0 Å². The van der Waals surface area contributed by atoms with Crippen LogP contribution in [0.15, 0.2) is 18.2 Å². The minimum absolute atomic E-state index is 0.119. The molecule has 1 N–H and O–H groups in total. The predicted octanol–water partition coefficient (Wildman–Crippen LogP) is 2.27. The highest BCUT2D eigenvalue weighted by Gasteiger charge is 2.21. The van der Waals surface area contributed by atoms with E-state index < -0.39 is 0 Å². The molecule has 5 nitrogen and oxygen atoms in total. The molecule has 5 heteroatoms. The number of Topliss-reactive ketones (excluding diaryl/α,β-unsaturated/α-hetero) is 1. The summed E-state index contributed by atoms with van der Waals surface area (Å²) in [6, 6.07) is 6.13. The van der Waals surface area contributed by atoms with Gasteiger partial charge < -0.3 is 14.5 Å². The van der Waals surface area contributed by atoms with Crippen molar-refractivity contribution in [2.75, 3.05) is 33.4 Å². The standard InChI is InChI=1S/C17H22N2O3/c1-11-4-5-13-14(8-11)18-12(2)17(13)15(20)9-19(3)10-16-21-6-7-22-16/h4-5,8,16,18H,6-7,9-10H2,1-3H3. The van der Waals surface area contributed by atoms with Crippen LogP contribution in [0, 0.1) is 13.8 Å². The van der Waals surface area contributed by atoms with Gasteiger partial charge in [0.25, 0.3) is 0 Å². The van der Waals surface area contributed by atoms with Gasteiger partial charge in [-0.1, -0.05) is 12.1 Å². The first-order valence-electron chi connectivity index (χ1n) is 7.58. The molecule has 0 radical (unpaired) electrons. The summed E-state index contributed by atoms with van der Waals surface area (Å²) in [5.74, 6) is 0.119. The molecule has 0 saturated carbocycles. The smallest absolute Gasteiger partial charge is 0.179 e. The van der Waals surface area contributed by atoms with E-state index in [1.807, 2.05) is 37.9 Å². The van der Waals surface area contributed by atoms with E-state index in [1.54, 1.807) is 0 Å². The summed E-state index contributed by atoms with van der Waals surface area (Å²) < 4.78 is 10.8. The van der Waals surface area contributed by atoms with Gasteiger partial charge in [0.2, 0.25) is 0 Å². The minimum Gasteiger partial charge on any atom is -0.358 e. The number of fused-ring (bicyclic) bond motifs is 1. The van der Waals surface area contributed by atoms with E-state index >= 15 is 0 Å². The molecule has 0 bridgehead atoms. The number of benzene rings is 1. The largest absolute Gasteiger partial charge is 0.358 e. The maximum absolute atomic E-state index is 12.7. The van der Waals surface area contributed by atoms with Crippen LogP contribution in [-0.2, 0) is 9.47 Å². The number of likely N-dealkylation sites (N-methyl/N-ethyl adjacent to an activating group) is 1. The van der Waals surface area contributed by atoms with Gasteiger partial charge in [0, 0.05) is 28.7 Å². The Bertz CT molecular complexity index is 687. The highest BCUT2D eigenvalue weighted by molar-refractivity contribution is 6.10. The summed E-state index contributed by atoms with van der Waals surface area (Å²) in [5, 5.41) is 0.995. The number of nitrogens with one attached hydrogen (secondary N) is 1. The Morgan fingerprint density at radius 2 is 2.05 bits per heavy atom. The number of carbonyl (C=O) groups is 1. The topological polar surface area (TPSA) is 54.6 Å². The van der Waals surface area contributed by atoms with Gasteiger partial charge in [-0.15, -0.1) is 0 Å². The molecule has 118 valence electrons. The SMILES string of the molecule is Cc1ccc2c(C(=O)CN(C)CC3OCCO3)c(C)[nH]c2c1. The van der Waals surface area contributed by atoms with Crippen molar-refractivity contribution in [3.05, 3.63) is 35.0 Å². The lowest BCUT2D eigenvalue weighted by Gasteiger charge is -2.19. The highest BCUT2D eigenvalue weighted by atomic mass is 16.7. The summed E-state index contributed by atoms with van der Waals surface area (Å²) in [6.07, 6.45) is -0.218. The van der Waals surface area contributed by atoms with Crippen molar-refractivity contribution in [2.45, 2.75) is 20.1 Å². The number of rotatable bonds is 5. The van der Waals surface area contributed by atoms with E-state index in [-0.39, 0.29) is 12.1 Å². The zero-order valence-corrected chi connectivity index (χ0v) is 13.3. The van der Waals surface area contributed by atoms with Crippen molar-refractivity contribution in [3.8, 4) is 0 Å². The molecule has 0 amide bonds. The Morgan fingerprint density at radius 1 is 1.32 bits per heavy atom. The third-order valence-corrected chi connectivity index (χ3v) is 3.99. The zero-order chi connectivity index (χ0) is 15.7. The van der Waals surface area contributed by atoms with Gasteiger partial charge in [0.05, 0.1) is 19.8 Å². The molecule has 0 atom stereocenters. The molecule has 0 unspecified atom stereocenters. The predicted molar refractivity (Wildman–Crippen MR) is 85.3 cm³/mol. The summed E-state index contributed by atoms with van der Waals surface area (Å²) in [4.78, 5) is 17.9. The van der Waals surface area contributed by atoms with E-state index in [9.17, 15) is 4.79 Å². The first-order valence-corrected chi connectivity index (χ1v) is 7.58. The van der Waals surface area contributed by atoms with Gasteiger partial charge in [-0.2, -0.15) is 0 Å². The van der Waals surface area contributed by atoms with Crippen LogP contribution in [0.4, 0.5) is 0 Å². The number of nitrogens with zero attached hydrogens (tertiary/aromatic N) is 1. The van der Waals surface area contributed by atoms with Gasteiger partial charge in [-0.05, 0) is 32.5 Å². The molecule has 1 aromatic carbocycles. The fourth-order valence-corrected chi connectivity index (χ4v) is 2.96. The maximum Gasteiger partial charge on any atom is 0.179 e. The summed E-state index contributed by atoms with van der Waals surface area (Å²) in [7, 11) is 1.91. The number of carbonyl (C=O) groups excluding carboxylic acids is 1. The van der Waals surface area contributed by atoms with E-state index in [1.165, 1.54) is 5.56 Å². The molecule has 1 aliphatic rings. The Balaban J connectivity index is 1.75. The fourth-order valence-electron chi connectivity index (χ4n) is 2.96. The molecule has 1 saturated heterocycles. The molecule has 2 aromatic rings. The summed E-state index contributed by atoms with van der Waals surface area (Å²) in [6.45, 7) is 6.22. The van der Waals surface area contributed by atoms with Crippen molar-refractivity contribution in [2.24, 2.45) is 0 Å². The van der Waals surface area contributed by atoms with Crippen molar-refractivity contribution >= 4 is 16.7 Å². The molecule has 2 heterocycles. The third-order valence-electron chi connectivity index (χ3n) is 3.99. The number of ether oxygens (including phenoxy) is 2. The normalized spacial score (nSPS) is 16.0. The van der Waals surface area contributed by atoms with Crippen LogP contribution in [0.5, 0.6) is 0 Å². The van der Waals surface area contributed by atoms with Crippen molar-refractivity contribution in [3.63, 3.8) is 0 Å². The highest BCUT2D eigenvalue weighted by Crippen LogP contribution is 2.23. The molecule has 3 rings (SSSR count). The minimum atomic E-state index is -0.218. The average Bonchev–Trinajstić information content (AvgIpc) is 3.04. The van der Waals surface area contributed by atoms with Crippen LogP contribution in [0.1, 0.15) is 21.6 Å². The number of H-pyrrole nitrogens is 1. The lowest BCUT2D eigenvalue weighted by molar-refractivity contribution is -0.0569. The van der Waals surface area contributed by atoms with Crippen molar-refractivity contribution in [1.82, 2.24) is 9.88 Å². The summed E-state index contributed by atoms with van der Waals surface area (Å²) in [5.41, 5.74) is 3.91.